The first kappa shape index (κ1) is 20.2. The van der Waals surface area contributed by atoms with Crippen LogP contribution in [0.15, 0.2) is 29.1 Å². The number of anilines is 1. The minimum atomic E-state index is -1.24. The summed E-state index contributed by atoms with van der Waals surface area (Å²) in [6.45, 7) is 3.82. The summed E-state index contributed by atoms with van der Waals surface area (Å²) in [6, 6.07) is 7.93. The lowest BCUT2D eigenvalue weighted by atomic mass is 9.96. The van der Waals surface area contributed by atoms with Gasteiger partial charge in [-0.05, 0) is 45.6 Å². The molecule has 2 atom stereocenters. The SMILES string of the molecule is CC1Oc2cc(N3CCC(N(C)C)C3)ccc2-c2[nH]c(=O)c(C(=O)O)cc21.Cl. The summed E-state index contributed by atoms with van der Waals surface area (Å²) < 4.78 is 6.06. The third-order valence-corrected chi connectivity index (χ3v) is 5.54. The first-order valence-corrected chi connectivity index (χ1v) is 9.08. The van der Waals surface area contributed by atoms with E-state index in [1.165, 1.54) is 6.07 Å². The van der Waals surface area contributed by atoms with E-state index in [0.29, 0.717) is 23.0 Å². The number of hydrogen-bond donors (Lipinski definition) is 2. The van der Waals surface area contributed by atoms with E-state index in [1.807, 2.05) is 25.1 Å². The number of carboxylic acid groups (broad SMARTS) is 1. The highest BCUT2D eigenvalue weighted by Gasteiger charge is 2.29. The van der Waals surface area contributed by atoms with Gasteiger partial charge in [-0.3, -0.25) is 4.79 Å². The van der Waals surface area contributed by atoms with Crippen LogP contribution in [0.4, 0.5) is 5.69 Å². The second kappa shape index (κ2) is 7.48. The standard InChI is InChI=1S/C20H23N3O4.ClH/c1-11-15-9-16(20(25)26)19(24)21-18(15)14-5-4-12(8-17(14)27-11)23-7-6-13(10-23)22(2)3;/h4-5,8-9,11,13H,6-7,10H2,1-3H3,(H,21,24)(H,25,26);1H. The highest BCUT2D eigenvalue weighted by atomic mass is 35.5. The van der Waals surface area contributed by atoms with Crippen molar-refractivity contribution in [3.63, 3.8) is 0 Å². The number of H-pyrrole nitrogens is 1. The first-order valence-electron chi connectivity index (χ1n) is 9.08. The van der Waals surface area contributed by atoms with Crippen LogP contribution < -0.4 is 15.2 Å². The summed E-state index contributed by atoms with van der Waals surface area (Å²) >= 11 is 0. The number of nitrogens with zero attached hydrogens (tertiary/aromatic N) is 2. The number of fused-ring (bicyclic) bond motifs is 3. The fourth-order valence-corrected chi connectivity index (χ4v) is 3.91. The average Bonchev–Trinajstić information content (AvgIpc) is 3.11. The molecule has 2 aromatic rings. The number of rotatable bonds is 3. The van der Waals surface area contributed by atoms with Gasteiger partial charge in [0.15, 0.2) is 0 Å². The number of nitrogens with one attached hydrogen (secondary N) is 1. The Bertz CT molecular complexity index is 972. The van der Waals surface area contributed by atoms with Crippen LogP contribution in [0.25, 0.3) is 11.3 Å². The van der Waals surface area contributed by atoms with Crippen LogP contribution in [-0.4, -0.2) is 54.2 Å². The van der Waals surface area contributed by atoms with Crippen molar-refractivity contribution in [2.45, 2.75) is 25.5 Å². The number of aromatic carboxylic acids is 1. The van der Waals surface area contributed by atoms with Crippen LogP contribution >= 0.6 is 12.4 Å². The van der Waals surface area contributed by atoms with E-state index in [4.69, 9.17) is 4.74 Å². The fraction of sp³-hybridized carbons (Fsp3) is 0.400. The second-order valence-electron chi connectivity index (χ2n) is 7.44. The van der Waals surface area contributed by atoms with Gasteiger partial charge in [-0.2, -0.15) is 0 Å². The maximum Gasteiger partial charge on any atom is 0.341 e. The van der Waals surface area contributed by atoms with E-state index in [0.717, 1.165) is 30.8 Å². The van der Waals surface area contributed by atoms with Crippen LogP contribution in [0, 0.1) is 0 Å². The highest BCUT2D eigenvalue weighted by Crippen LogP contribution is 2.43. The minimum absolute atomic E-state index is 0. The number of ether oxygens (including phenoxy) is 1. The van der Waals surface area contributed by atoms with Gasteiger partial charge in [-0.25, -0.2) is 4.79 Å². The largest absolute Gasteiger partial charge is 0.485 e. The molecule has 0 saturated carbocycles. The van der Waals surface area contributed by atoms with Crippen LogP contribution in [0.2, 0.25) is 0 Å². The Labute approximate surface area is 169 Å². The van der Waals surface area contributed by atoms with Crippen LogP contribution in [0.3, 0.4) is 0 Å². The van der Waals surface area contributed by atoms with E-state index >= 15 is 0 Å². The summed E-state index contributed by atoms with van der Waals surface area (Å²) in [5, 5.41) is 9.20. The molecular formula is C20H24ClN3O4. The summed E-state index contributed by atoms with van der Waals surface area (Å²) in [5.74, 6) is -0.531. The highest BCUT2D eigenvalue weighted by molar-refractivity contribution is 5.88. The molecule has 1 aromatic carbocycles. The van der Waals surface area contributed by atoms with Gasteiger partial charge in [-0.1, -0.05) is 0 Å². The third kappa shape index (κ3) is 3.36. The molecule has 0 amide bonds. The zero-order chi connectivity index (χ0) is 19.3. The molecule has 28 heavy (non-hydrogen) atoms. The molecule has 7 nitrogen and oxygen atoms in total. The Kier molecular flexibility index (Phi) is 5.41. The van der Waals surface area contributed by atoms with Crippen LogP contribution in [0.1, 0.15) is 35.4 Å². The molecule has 2 N–H and O–H groups in total. The van der Waals surface area contributed by atoms with Crippen LogP contribution in [0.5, 0.6) is 5.75 Å². The molecule has 0 spiro atoms. The first-order chi connectivity index (χ1) is 12.8. The molecule has 150 valence electrons. The Morgan fingerprint density at radius 1 is 1.32 bits per heavy atom. The number of halogens is 1. The quantitative estimate of drug-likeness (QED) is 0.816. The number of aromatic nitrogens is 1. The van der Waals surface area contributed by atoms with Gasteiger partial charge in [0.05, 0.1) is 5.69 Å². The molecule has 2 aliphatic rings. The van der Waals surface area contributed by atoms with Crippen molar-refractivity contribution >= 4 is 24.1 Å². The van der Waals surface area contributed by atoms with Crippen molar-refractivity contribution in [3.05, 3.63) is 45.7 Å². The summed E-state index contributed by atoms with van der Waals surface area (Å²) in [7, 11) is 4.20. The van der Waals surface area contributed by atoms with Crippen molar-refractivity contribution in [3.8, 4) is 17.0 Å². The van der Waals surface area contributed by atoms with Crippen molar-refractivity contribution < 1.29 is 14.6 Å². The molecule has 0 aliphatic carbocycles. The Morgan fingerprint density at radius 3 is 2.71 bits per heavy atom. The van der Waals surface area contributed by atoms with E-state index < -0.39 is 11.5 Å². The zero-order valence-electron chi connectivity index (χ0n) is 16.1. The lowest BCUT2D eigenvalue weighted by Crippen LogP contribution is -2.31. The van der Waals surface area contributed by atoms with Gasteiger partial charge < -0.3 is 24.6 Å². The summed E-state index contributed by atoms with van der Waals surface area (Å²) in [5.41, 5.74) is 2.33. The predicted molar refractivity (Wildman–Crippen MR) is 110 cm³/mol. The van der Waals surface area contributed by atoms with Gasteiger partial charge >= 0.3 is 5.97 Å². The lowest BCUT2D eigenvalue weighted by Gasteiger charge is -2.28. The predicted octanol–water partition coefficient (Wildman–Crippen LogP) is 2.76. The van der Waals surface area contributed by atoms with Crippen molar-refractivity contribution in [1.82, 2.24) is 9.88 Å². The van der Waals surface area contributed by atoms with Gasteiger partial charge in [0.2, 0.25) is 0 Å². The molecule has 3 heterocycles. The minimum Gasteiger partial charge on any atom is -0.485 e. The molecule has 2 unspecified atom stereocenters. The Balaban J connectivity index is 0.00000225. The second-order valence-corrected chi connectivity index (χ2v) is 7.44. The summed E-state index contributed by atoms with van der Waals surface area (Å²) in [4.78, 5) is 30.7. The molecule has 1 saturated heterocycles. The van der Waals surface area contributed by atoms with Crippen molar-refractivity contribution in [1.29, 1.82) is 0 Å². The number of aromatic amines is 1. The Morgan fingerprint density at radius 2 is 2.07 bits per heavy atom. The summed E-state index contributed by atoms with van der Waals surface area (Å²) in [6.07, 6.45) is 0.779. The van der Waals surface area contributed by atoms with Gasteiger partial charge in [0.1, 0.15) is 17.4 Å². The molecule has 0 bridgehead atoms. The van der Waals surface area contributed by atoms with E-state index in [2.05, 4.69) is 28.9 Å². The molecule has 4 rings (SSSR count). The van der Waals surface area contributed by atoms with Crippen molar-refractivity contribution in [2.24, 2.45) is 0 Å². The molecule has 1 fully saturated rings. The van der Waals surface area contributed by atoms with Crippen molar-refractivity contribution in [2.75, 3.05) is 32.1 Å². The van der Waals surface area contributed by atoms with Gasteiger partial charge in [0, 0.05) is 42.0 Å². The molecular weight excluding hydrogens is 382 g/mol. The van der Waals surface area contributed by atoms with Crippen LogP contribution in [-0.2, 0) is 0 Å². The topological polar surface area (TPSA) is 85.9 Å². The molecule has 8 heteroatoms. The number of hydrogen-bond acceptors (Lipinski definition) is 5. The van der Waals surface area contributed by atoms with E-state index in [-0.39, 0.29) is 24.1 Å². The van der Waals surface area contributed by atoms with E-state index in [1.54, 1.807) is 0 Å². The smallest absolute Gasteiger partial charge is 0.341 e. The number of carboxylic acids is 1. The number of likely N-dealkylation sites (N-methyl/N-ethyl adjacent to an activating group) is 1. The third-order valence-electron chi connectivity index (χ3n) is 5.54. The molecule has 2 aliphatic heterocycles. The maximum atomic E-state index is 12.1. The normalized spacial score (nSPS) is 20.2. The number of pyridine rings is 1. The van der Waals surface area contributed by atoms with Gasteiger partial charge in [-0.15, -0.1) is 12.4 Å². The van der Waals surface area contributed by atoms with Gasteiger partial charge in [0.25, 0.3) is 5.56 Å². The molecule has 1 aromatic heterocycles. The average molecular weight is 406 g/mol. The number of benzene rings is 1. The zero-order valence-corrected chi connectivity index (χ0v) is 16.9. The maximum absolute atomic E-state index is 12.1. The number of carbonyl (C=O) groups is 1. The fourth-order valence-electron chi connectivity index (χ4n) is 3.91. The monoisotopic (exact) mass is 405 g/mol. The molecule has 0 radical (unpaired) electrons. The van der Waals surface area contributed by atoms with E-state index in [9.17, 15) is 14.7 Å². The lowest BCUT2D eigenvalue weighted by molar-refractivity contribution is 0.0694. The Hall–Kier alpha value is -2.51.